The summed E-state index contributed by atoms with van der Waals surface area (Å²) in [6, 6.07) is 9.65. The molecule has 2 aliphatic rings. The van der Waals surface area contributed by atoms with Gasteiger partial charge >= 0.3 is 0 Å². The normalized spacial score (nSPS) is 18.0. The number of amides is 1. The topological polar surface area (TPSA) is 102 Å². The number of aliphatic hydroxyl groups is 1. The van der Waals surface area contributed by atoms with Gasteiger partial charge in [0.15, 0.2) is 0 Å². The minimum Gasteiger partial charge on any atom is -0.395 e. The quantitative estimate of drug-likeness (QED) is 0.656. The third kappa shape index (κ3) is 3.03. The first kappa shape index (κ1) is 16.6. The molecule has 0 bridgehead atoms. The first-order valence-corrected chi connectivity index (χ1v) is 8.81. The Morgan fingerprint density at radius 3 is 2.73 bits per heavy atom. The average Bonchev–Trinajstić information content (AvgIpc) is 2.68. The number of piperidine rings is 1. The van der Waals surface area contributed by atoms with Gasteiger partial charge in [-0.15, -0.1) is 0 Å². The first-order valence-electron chi connectivity index (χ1n) is 8.81. The van der Waals surface area contributed by atoms with Crippen molar-refractivity contribution in [2.24, 2.45) is 0 Å². The third-order valence-corrected chi connectivity index (χ3v) is 5.00. The van der Waals surface area contributed by atoms with Crippen molar-refractivity contribution in [2.75, 3.05) is 47.1 Å². The van der Waals surface area contributed by atoms with E-state index in [1.165, 1.54) is 6.33 Å². The molecule has 0 saturated carbocycles. The lowest BCUT2D eigenvalue weighted by Gasteiger charge is -2.44. The lowest BCUT2D eigenvalue weighted by molar-refractivity contribution is -0.121. The van der Waals surface area contributed by atoms with Gasteiger partial charge in [0.05, 0.1) is 18.0 Å². The molecule has 0 unspecified atom stereocenters. The number of aliphatic hydroxyl groups excluding tert-OH is 1. The van der Waals surface area contributed by atoms with Gasteiger partial charge in [0.25, 0.3) is 0 Å². The van der Waals surface area contributed by atoms with Crippen LogP contribution in [0.2, 0.25) is 0 Å². The molecule has 4 rings (SSSR count). The summed E-state index contributed by atoms with van der Waals surface area (Å²) in [5.74, 6) is 1.54. The second kappa shape index (κ2) is 6.80. The number of anilines is 4. The fourth-order valence-electron chi connectivity index (χ4n) is 3.53. The van der Waals surface area contributed by atoms with Gasteiger partial charge < -0.3 is 26.0 Å². The van der Waals surface area contributed by atoms with E-state index in [0.717, 1.165) is 30.3 Å². The monoisotopic (exact) mass is 354 g/mol. The molecule has 4 N–H and O–H groups in total. The summed E-state index contributed by atoms with van der Waals surface area (Å²) in [6.07, 6.45) is 2.90. The zero-order chi connectivity index (χ0) is 18.0. The highest BCUT2D eigenvalue weighted by atomic mass is 16.3. The second-order valence-corrected chi connectivity index (χ2v) is 6.61. The van der Waals surface area contributed by atoms with Crippen molar-refractivity contribution < 1.29 is 9.90 Å². The summed E-state index contributed by atoms with van der Waals surface area (Å²) in [6.45, 7) is 1.94. The maximum atomic E-state index is 12.7. The van der Waals surface area contributed by atoms with Crippen LogP contribution in [0, 0.1) is 0 Å². The Hall–Kier alpha value is -2.87. The van der Waals surface area contributed by atoms with Gasteiger partial charge in [-0.3, -0.25) is 4.79 Å². The molecular weight excluding hydrogens is 332 g/mol. The largest absolute Gasteiger partial charge is 0.395 e. The van der Waals surface area contributed by atoms with Gasteiger partial charge in [-0.25, -0.2) is 9.97 Å². The molecule has 1 saturated heterocycles. The SMILES string of the molecule is O=C1Nc2ccccc2NC12CCN(c1cc(NCCO)ncn1)CC2. The van der Waals surface area contributed by atoms with Gasteiger partial charge in [0, 0.05) is 25.7 Å². The number of hydrogen-bond donors (Lipinski definition) is 4. The van der Waals surface area contributed by atoms with Gasteiger partial charge in [-0.2, -0.15) is 0 Å². The van der Waals surface area contributed by atoms with Crippen LogP contribution in [-0.4, -0.2) is 52.8 Å². The summed E-state index contributed by atoms with van der Waals surface area (Å²) in [5, 5.41) is 18.5. The zero-order valence-corrected chi connectivity index (χ0v) is 14.4. The minimum absolute atomic E-state index is 0.0313. The number of nitrogens with one attached hydrogen (secondary N) is 3. The number of para-hydroxylation sites is 2. The summed E-state index contributed by atoms with van der Waals surface area (Å²) in [5.41, 5.74) is 1.23. The van der Waals surface area contributed by atoms with Crippen LogP contribution in [0.4, 0.5) is 23.0 Å². The molecule has 0 atom stereocenters. The molecule has 1 fully saturated rings. The molecule has 1 aromatic heterocycles. The van der Waals surface area contributed by atoms with Crippen molar-refractivity contribution in [3.63, 3.8) is 0 Å². The number of aromatic nitrogens is 2. The van der Waals surface area contributed by atoms with Crippen molar-refractivity contribution in [1.82, 2.24) is 9.97 Å². The Morgan fingerprint density at radius 2 is 1.96 bits per heavy atom. The number of benzene rings is 1. The molecule has 8 heteroatoms. The predicted molar refractivity (Wildman–Crippen MR) is 100 cm³/mol. The second-order valence-electron chi connectivity index (χ2n) is 6.61. The van der Waals surface area contributed by atoms with Crippen LogP contribution in [0.15, 0.2) is 36.7 Å². The maximum absolute atomic E-state index is 12.7. The van der Waals surface area contributed by atoms with Gasteiger partial charge in [-0.05, 0) is 25.0 Å². The van der Waals surface area contributed by atoms with E-state index in [0.29, 0.717) is 25.2 Å². The highest BCUT2D eigenvalue weighted by Crippen LogP contribution is 2.37. The van der Waals surface area contributed by atoms with Crippen molar-refractivity contribution >= 4 is 28.9 Å². The zero-order valence-electron chi connectivity index (χ0n) is 14.4. The van der Waals surface area contributed by atoms with Crippen LogP contribution in [0.5, 0.6) is 0 Å². The highest BCUT2D eigenvalue weighted by Gasteiger charge is 2.44. The Balaban J connectivity index is 1.47. The van der Waals surface area contributed by atoms with Gasteiger partial charge in [-0.1, -0.05) is 12.1 Å². The number of nitrogens with zero attached hydrogens (tertiary/aromatic N) is 3. The average molecular weight is 354 g/mol. The van der Waals surface area contributed by atoms with Crippen LogP contribution >= 0.6 is 0 Å². The summed E-state index contributed by atoms with van der Waals surface area (Å²) in [4.78, 5) is 23.4. The lowest BCUT2D eigenvalue weighted by Crippen LogP contribution is -2.58. The van der Waals surface area contributed by atoms with Crippen molar-refractivity contribution in [3.05, 3.63) is 36.7 Å². The van der Waals surface area contributed by atoms with E-state index in [2.05, 4.69) is 30.8 Å². The molecular formula is C18H22N6O2. The molecule has 0 radical (unpaired) electrons. The van der Waals surface area contributed by atoms with Gasteiger partial charge in [0.1, 0.15) is 23.5 Å². The van der Waals surface area contributed by atoms with E-state index >= 15 is 0 Å². The van der Waals surface area contributed by atoms with Crippen molar-refractivity contribution in [2.45, 2.75) is 18.4 Å². The summed E-state index contributed by atoms with van der Waals surface area (Å²) >= 11 is 0. The van der Waals surface area contributed by atoms with Crippen molar-refractivity contribution in [1.29, 1.82) is 0 Å². The van der Waals surface area contributed by atoms with E-state index in [-0.39, 0.29) is 12.5 Å². The van der Waals surface area contributed by atoms with Crippen LogP contribution in [0.25, 0.3) is 0 Å². The van der Waals surface area contributed by atoms with Crippen LogP contribution in [0.1, 0.15) is 12.8 Å². The van der Waals surface area contributed by atoms with Gasteiger partial charge in [0.2, 0.25) is 5.91 Å². The number of carbonyl (C=O) groups is 1. The Labute approximate surface area is 151 Å². The Bertz CT molecular complexity index is 804. The molecule has 0 aliphatic carbocycles. The standard InChI is InChI=1S/C18H22N6O2/c25-10-7-19-15-11-16(21-12-20-15)24-8-5-18(6-9-24)17(26)22-13-3-1-2-4-14(13)23-18/h1-4,11-12,23,25H,5-10H2,(H,22,26)(H,19,20,21). The predicted octanol–water partition coefficient (Wildman–Crippen LogP) is 1.28. The Morgan fingerprint density at radius 1 is 1.19 bits per heavy atom. The minimum atomic E-state index is -0.574. The van der Waals surface area contributed by atoms with E-state index in [9.17, 15) is 4.79 Å². The van der Waals surface area contributed by atoms with E-state index in [1.54, 1.807) is 0 Å². The van der Waals surface area contributed by atoms with Crippen LogP contribution < -0.4 is 20.9 Å². The molecule has 26 heavy (non-hydrogen) atoms. The van der Waals surface area contributed by atoms with E-state index in [1.807, 2.05) is 30.3 Å². The number of hydrogen-bond acceptors (Lipinski definition) is 7. The fourth-order valence-corrected chi connectivity index (χ4v) is 3.53. The van der Waals surface area contributed by atoms with Crippen LogP contribution in [-0.2, 0) is 4.79 Å². The molecule has 136 valence electrons. The lowest BCUT2D eigenvalue weighted by atomic mass is 9.84. The number of carbonyl (C=O) groups excluding carboxylic acids is 1. The van der Waals surface area contributed by atoms with E-state index in [4.69, 9.17) is 5.11 Å². The molecule has 1 aromatic carbocycles. The highest BCUT2D eigenvalue weighted by molar-refractivity contribution is 6.06. The summed E-state index contributed by atoms with van der Waals surface area (Å²) < 4.78 is 0. The molecule has 1 amide bonds. The molecule has 8 nitrogen and oxygen atoms in total. The number of rotatable bonds is 4. The van der Waals surface area contributed by atoms with Crippen LogP contribution in [0.3, 0.4) is 0 Å². The van der Waals surface area contributed by atoms with Crippen molar-refractivity contribution in [3.8, 4) is 0 Å². The third-order valence-electron chi connectivity index (χ3n) is 5.00. The fraction of sp³-hybridized carbons (Fsp3) is 0.389. The molecule has 2 aliphatic heterocycles. The maximum Gasteiger partial charge on any atom is 0.250 e. The first-order chi connectivity index (χ1) is 12.7. The smallest absolute Gasteiger partial charge is 0.250 e. The summed E-state index contributed by atoms with van der Waals surface area (Å²) in [7, 11) is 0. The number of fused-ring (bicyclic) bond motifs is 1. The molecule has 2 aromatic rings. The molecule has 1 spiro atoms. The molecule has 3 heterocycles. The Kier molecular flexibility index (Phi) is 4.34. The van der Waals surface area contributed by atoms with E-state index < -0.39 is 5.54 Å².